The van der Waals surface area contributed by atoms with Crippen LogP contribution in [0.5, 0.6) is 5.75 Å². The van der Waals surface area contributed by atoms with Crippen molar-refractivity contribution in [3.63, 3.8) is 0 Å². The van der Waals surface area contributed by atoms with Crippen LogP contribution in [0.4, 0.5) is 18.9 Å². The minimum atomic E-state index is -4.53. The summed E-state index contributed by atoms with van der Waals surface area (Å²) in [4.78, 5) is 0. The van der Waals surface area contributed by atoms with Crippen molar-refractivity contribution in [1.29, 1.82) is 0 Å². The molecule has 0 aromatic heterocycles. The number of methoxy groups -OCH3 is 1. The summed E-state index contributed by atoms with van der Waals surface area (Å²) in [6.07, 6.45) is -3.09. The molecule has 3 nitrogen and oxygen atoms in total. The molecule has 24 heavy (non-hydrogen) atoms. The van der Waals surface area contributed by atoms with Gasteiger partial charge in [0, 0.05) is 10.0 Å². The summed E-state index contributed by atoms with van der Waals surface area (Å²) in [5, 5.41) is 3.58. The Hall–Kier alpha value is -1.44. The molecule has 2 aromatic rings. The Bertz CT molecular complexity index is 759. The summed E-state index contributed by atoms with van der Waals surface area (Å²) < 4.78 is 44.1. The fraction of sp³-hybridized carbons (Fsp3) is 0.133. The predicted molar refractivity (Wildman–Crippen MR) is 93.4 cm³/mol. The second-order valence-corrected chi connectivity index (χ2v) is 6.30. The van der Waals surface area contributed by atoms with Crippen LogP contribution in [-0.2, 0) is 6.18 Å². The number of nitrogens with one attached hydrogen (secondary N) is 1. The lowest BCUT2D eigenvalue weighted by Gasteiger charge is -2.11. The Labute approximate surface area is 154 Å². The highest BCUT2D eigenvalue weighted by atomic mass is 79.9. The third kappa shape index (κ3) is 4.55. The molecular formula is C15H10BrCl2F3N2O. The summed E-state index contributed by atoms with van der Waals surface area (Å²) in [7, 11) is 1.51. The van der Waals surface area contributed by atoms with E-state index in [4.69, 9.17) is 27.9 Å². The molecule has 1 N–H and O–H groups in total. The average Bonchev–Trinajstić information content (AvgIpc) is 2.49. The van der Waals surface area contributed by atoms with Crippen molar-refractivity contribution in [2.75, 3.05) is 12.5 Å². The number of hydrazone groups is 1. The van der Waals surface area contributed by atoms with Crippen LogP contribution >= 0.6 is 39.1 Å². The predicted octanol–water partition coefficient (Wildman–Crippen LogP) is 6.23. The van der Waals surface area contributed by atoms with Crippen molar-refractivity contribution in [1.82, 2.24) is 0 Å². The van der Waals surface area contributed by atoms with Crippen molar-refractivity contribution < 1.29 is 17.9 Å². The van der Waals surface area contributed by atoms with E-state index < -0.39 is 11.7 Å². The summed E-state index contributed by atoms with van der Waals surface area (Å²) in [6, 6.07) is 6.87. The number of halogens is 6. The topological polar surface area (TPSA) is 33.6 Å². The van der Waals surface area contributed by atoms with E-state index in [1.165, 1.54) is 13.3 Å². The molecule has 0 saturated heterocycles. The fourth-order valence-electron chi connectivity index (χ4n) is 1.82. The first-order valence-electron chi connectivity index (χ1n) is 6.41. The number of alkyl halides is 3. The quantitative estimate of drug-likeness (QED) is 0.450. The van der Waals surface area contributed by atoms with E-state index in [9.17, 15) is 13.2 Å². The van der Waals surface area contributed by atoms with E-state index >= 15 is 0 Å². The van der Waals surface area contributed by atoms with Crippen LogP contribution in [0, 0.1) is 0 Å². The SMILES string of the molecule is COc1ccc(Br)cc1C=NNc1c(Cl)cc(C(F)(F)F)cc1Cl. The molecule has 9 heteroatoms. The first kappa shape index (κ1) is 18.9. The zero-order chi connectivity index (χ0) is 17.9. The van der Waals surface area contributed by atoms with Gasteiger partial charge in [0.1, 0.15) is 5.75 Å². The Balaban J connectivity index is 2.25. The van der Waals surface area contributed by atoms with Crippen molar-refractivity contribution in [2.24, 2.45) is 5.10 Å². The van der Waals surface area contributed by atoms with Gasteiger partial charge in [-0.3, -0.25) is 5.43 Å². The third-order valence-corrected chi connectivity index (χ3v) is 4.03. The van der Waals surface area contributed by atoms with Gasteiger partial charge in [-0.05, 0) is 30.3 Å². The van der Waals surface area contributed by atoms with E-state index in [1.807, 2.05) is 0 Å². The minimum absolute atomic E-state index is 0.0801. The summed E-state index contributed by atoms with van der Waals surface area (Å²) in [6.45, 7) is 0. The van der Waals surface area contributed by atoms with Crippen molar-refractivity contribution in [3.8, 4) is 5.75 Å². The Morgan fingerprint density at radius 2 is 1.79 bits per heavy atom. The first-order valence-corrected chi connectivity index (χ1v) is 7.96. The second-order valence-electron chi connectivity index (χ2n) is 4.57. The molecule has 0 unspecified atom stereocenters. The van der Waals surface area contributed by atoms with Crippen LogP contribution in [0.3, 0.4) is 0 Å². The fourth-order valence-corrected chi connectivity index (χ4v) is 2.77. The number of ether oxygens (including phenoxy) is 1. The standard InChI is InChI=1S/C15H10BrCl2F3N2O/c1-24-13-3-2-10(16)4-8(13)7-22-23-14-11(17)5-9(6-12(14)18)15(19,20)21/h2-7,23H,1H3. The summed E-state index contributed by atoms with van der Waals surface area (Å²) in [5.74, 6) is 0.577. The van der Waals surface area contributed by atoms with Crippen LogP contribution in [0.15, 0.2) is 39.9 Å². The molecule has 0 radical (unpaired) electrons. The molecule has 0 saturated carbocycles. The average molecular weight is 442 g/mol. The molecule has 2 rings (SSSR count). The highest BCUT2D eigenvalue weighted by molar-refractivity contribution is 9.10. The lowest BCUT2D eigenvalue weighted by molar-refractivity contribution is -0.137. The van der Waals surface area contributed by atoms with Crippen molar-refractivity contribution in [3.05, 3.63) is 56.0 Å². The number of nitrogens with zero attached hydrogens (tertiary/aromatic N) is 1. The lowest BCUT2D eigenvalue weighted by Crippen LogP contribution is -2.05. The third-order valence-electron chi connectivity index (χ3n) is 2.94. The Morgan fingerprint density at radius 1 is 1.17 bits per heavy atom. The molecule has 0 spiro atoms. The molecule has 0 atom stereocenters. The van der Waals surface area contributed by atoms with E-state index in [1.54, 1.807) is 18.2 Å². The van der Waals surface area contributed by atoms with Gasteiger partial charge in [0.2, 0.25) is 0 Å². The molecule has 128 valence electrons. The van der Waals surface area contributed by atoms with Crippen LogP contribution in [0.1, 0.15) is 11.1 Å². The van der Waals surface area contributed by atoms with Crippen LogP contribution in [0.25, 0.3) is 0 Å². The lowest BCUT2D eigenvalue weighted by atomic mass is 10.2. The highest BCUT2D eigenvalue weighted by Crippen LogP contribution is 2.38. The Kier molecular flexibility index (Phi) is 6.01. The maximum Gasteiger partial charge on any atom is 0.416 e. The van der Waals surface area contributed by atoms with Crippen LogP contribution < -0.4 is 10.2 Å². The number of rotatable bonds is 4. The van der Waals surface area contributed by atoms with Gasteiger partial charge in [0.15, 0.2) is 0 Å². The van der Waals surface area contributed by atoms with Gasteiger partial charge in [-0.1, -0.05) is 39.1 Å². The molecule has 2 aromatic carbocycles. The number of hydrogen-bond donors (Lipinski definition) is 1. The molecule has 0 heterocycles. The molecule has 0 fully saturated rings. The second kappa shape index (κ2) is 7.63. The van der Waals surface area contributed by atoms with Gasteiger partial charge in [-0.2, -0.15) is 18.3 Å². The van der Waals surface area contributed by atoms with Gasteiger partial charge in [0.25, 0.3) is 0 Å². The maximum absolute atomic E-state index is 12.7. The Morgan fingerprint density at radius 3 is 2.33 bits per heavy atom. The van der Waals surface area contributed by atoms with Gasteiger partial charge >= 0.3 is 6.18 Å². The normalized spacial score (nSPS) is 11.8. The van der Waals surface area contributed by atoms with Crippen LogP contribution in [-0.4, -0.2) is 13.3 Å². The summed E-state index contributed by atoms with van der Waals surface area (Å²) in [5.41, 5.74) is 2.35. The summed E-state index contributed by atoms with van der Waals surface area (Å²) >= 11 is 15.0. The minimum Gasteiger partial charge on any atom is -0.496 e. The molecule has 0 aliphatic heterocycles. The molecule has 0 aliphatic carbocycles. The maximum atomic E-state index is 12.7. The molecule has 0 aliphatic rings. The molecule has 0 bridgehead atoms. The molecule has 0 amide bonds. The van der Waals surface area contributed by atoms with Gasteiger partial charge < -0.3 is 4.74 Å². The monoisotopic (exact) mass is 440 g/mol. The van der Waals surface area contributed by atoms with Crippen molar-refractivity contribution in [2.45, 2.75) is 6.18 Å². The first-order chi connectivity index (χ1) is 11.2. The van der Waals surface area contributed by atoms with E-state index in [0.29, 0.717) is 11.3 Å². The number of hydrogen-bond acceptors (Lipinski definition) is 3. The smallest absolute Gasteiger partial charge is 0.416 e. The highest BCUT2D eigenvalue weighted by Gasteiger charge is 2.32. The van der Waals surface area contributed by atoms with Crippen molar-refractivity contribution >= 4 is 51.0 Å². The number of anilines is 1. The van der Waals surface area contributed by atoms with E-state index in [-0.39, 0.29) is 15.7 Å². The zero-order valence-corrected chi connectivity index (χ0v) is 15.2. The van der Waals surface area contributed by atoms with Gasteiger partial charge in [0.05, 0.1) is 34.6 Å². The van der Waals surface area contributed by atoms with Gasteiger partial charge in [-0.25, -0.2) is 0 Å². The van der Waals surface area contributed by atoms with E-state index in [0.717, 1.165) is 16.6 Å². The largest absolute Gasteiger partial charge is 0.496 e. The van der Waals surface area contributed by atoms with Gasteiger partial charge in [-0.15, -0.1) is 0 Å². The zero-order valence-electron chi connectivity index (χ0n) is 12.1. The van der Waals surface area contributed by atoms with E-state index in [2.05, 4.69) is 26.5 Å². The molecular weight excluding hydrogens is 432 g/mol. The van der Waals surface area contributed by atoms with Crippen LogP contribution in [0.2, 0.25) is 10.0 Å². The number of benzene rings is 2.